The zero-order chi connectivity index (χ0) is 15.3. The number of likely N-dealkylation sites (N-methyl/N-ethyl adjacent to an activating group) is 1. The third-order valence-corrected chi connectivity index (χ3v) is 4.06. The highest BCUT2D eigenvalue weighted by atomic mass is 79.9. The molecule has 0 aliphatic carbocycles. The van der Waals surface area contributed by atoms with Gasteiger partial charge in [-0.15, -0.1) is 0 Å². The number of aryl methyl sites for hydroxylation is 2. The van der Waals surface area contributed by atoms with Crippen molar-refractivity contribution in [3.63, 3.8) is 0 Å². The third-order valence-electron chi connectivity index (χ3n) is 3.14. The summed E-state index contributed by atoms with van der Waals surface area (Å²) in [4.78, 5) is 14.0. The van der Waals surface area contributed by atoms with E-state index in [1.807, 2.05) is 25.6 Å². The lowest BCUT2D eigenvalue weighted by molar-refractivity contribution is -0.122. The van der Waals surface area contributed by atoms with E-state index in [0.29, 0.717) is 13.1 Å². The summed E-state index contributed by atoms with van der Waals surface area (Å²) < 4.78 is 2.96. The van der Waals surface area contributed by atoms with Crippen LogP contribution in [0.25, 0.3) is 0 Å². The Bertz CT molecular complexity index is 456. The number of halogens is 1. The molecule has 1 rings (SSSR count). The molecule has 0 bridgehead atoms. The summed E-state index contributed by atoms with van der Waals surface area (Å²) in [6.45, 7) is 10.0. The van der Waals surface area contributed by atoms with Gasteiger partial charge in [-0.3, -0.25) is 14.4 Å². The van der Waals surface area contributed by atoms with E-state index in [-0.39, 0.29) is 11.9 Å². The summed E-state index contributed by atoms with van der Waals surface area (Å²) in [5, 5.41) is 7.41. The van der Waals surface area contributed by atoms with Crippen molar-refractivity contribution in [2.24, 2.45) is 7.05 Å². The van der Waals surface area contributed by atoms with Crippen LogP contribution in [0.5, 0.6) is 0 Å². The molecule has 1 amide bonds. The standard InChI is InChI=1S/C14H25BrN4O/c1-6-11-14(15)12(18(5)17-11)8-19(7-2)9-13(20)16-10(3)4/h10H,6-9H2,1-5H3,(H,16,20). The average molecular weight is 345 g/mol. The quantitative estimate of drug-likeness (QED) is 0.823. The van der Waals surface area contributed by atoms with Gasteiger partial charge in [-0.1, -0.05) is 13.8 Å². The number of rotatable bonds is 7. The average Bonchev–Trinajstić information content (AvgIpc) is 2.64. The van der Waals surface area contributed by atoms with Gasteiger partial charge in [0, 0.05) is 19.6 Å². The molecule has 0 atom stereocenters. The molecular formula is C14H25BrN4O. The van der Waals surface area contributed by atoms with Crippen molar-refractivity contribution in [2.45, 2.75) is 46.7 Å². The SMILES string of the molecule is CCc1nn(C)c(CN(CC)CC(=O)NC(C)C)c1Br. The van der Waals surface area contributed by atoms with E-state index in [1.165, 1.54) is 0 Å². The van der Waals surface area contributed by atoms with Crippen molar-refractivity contribution in [2.75, 3.05) is 13.1 Å². The van der Waals surface area contributed by atoms with Crippen molar-refractivity contribution in [3.8, 4) is 0 Å². The minimum Gasteiger partial charge on any atom is -0.353 e. The highest BCUT2D eigenvalue weighted by Gasteiger charge is 2.17. The first kappa shape index (κ1) is 17.2. The van der Waals surface area contributed by atoms with Crippen molar-refractivity contribution in [1.82, 2.24) is 20.0 Å². The summed E-state index contributed by atoms with van der Waals surface area (Å²) in [6, 6.07) is 0.177. The van der Waals surface area contributed by atoms with Crippen molar-refractivity contribution in [1.29, 1.82) is 0 Å². The molecular weight excluding hydrogens is 320 g/mol. The summed E-state index contributed by atoms with van der Waals surface area (Å²) in [5.41, 5.74) is 2.17. The van der Waals surface area contributed by atoms with Crippen LogP contribution in [0.4, 0.5) is 0 Å². The van der Waals surface area contributed by atoms with Crippen LogP contribution in [0.1, 0.15) is 39.1 Å². The van der Waals surface area contributed by atoms with Gasteiger partial charge in [0.1, 0.15) is 0 Å². The Morgan fingerprint density at radius 3 is 2.55 bits per heavy atom. The number of nitrogens with one attached hydrogen (secondary N) is 1. The molecule has 0 aliphatic rings. The van der Waals surface area contributed by atoms with E-state index in [9.17, 15) is 4.79 Å². The highest BCUT2D eigenvalue weighted by Crippen LogP contribution is 2.22. The number of hydrogen-bond acceptors (Lipinski definition) is 3. The van der Waals surface area contributed by atoms with E-state index < -0.39 is 0 Å². The second-order valence-corrected chi connectivity index (χ2v) is 6.00. The van der Waals surface area contributed by atoms with Gasteiger partial charge in [0.25, 0.3) is 0 Å². The maximum absolute atomic E-state index is 11.9. The van der Waals surface area contributed by atoms with Gasteiger partial charge in [0.2, 0.25) is 5.91 Å². The second-order valence-electron chi connectivity index (χ2n) is 5.21. The molecule has 0 unspecified atom stereocenters. The number of hydrogen-bond donors (Lipinski definition) is 1. The lowest BCUT2D eigenvalue weighted by atomic mass is 10.3. The molecule has 1 aromatic heterocycles. The smallest absolute Gasteiger partial charge is 0.234 e. The van der Waals surface area contributed by atoms with E-state index in [2.05, 4.69) is 45.1 Å². The minimum absolute atomic E-state index is 0.0656. The molecule has 1 aromatic rings. The molecule has 0 fully saturated rings. The molecule has 0 aliphatic heterocycles. The first-order chi connectivity index (χ1) is 9.38. The fourth-order valence-electron chi connectivity index (χ4n) is 2.05. The normalized spacial score (nSPS) is 11.4. The predicted molar refractivity (Wildman–Crippen MR) is 84.5 cm³/mol. The van der Waals surface area contributed by atoms with Gasteiger partial charge in [-0.2, -0.15) is 5.10 Å². The number of carbonyl (C=O) groups is 1. The molecule has 6 heteroatoms. The van der Waals surface area contributed by atoms with E-state index in [0.717, 1.165) is 28.8 Å². The Balaban J connectivity index is 2.74. The van der Waals surface area contributed by atoms with Gasteiger partial charge in [0.15, 0.2) is 0 Å². The fraction of sp³-hybridized carbons (Fsp3) is 0.714. The number of amides is 1. The van der Waals surface area contributed by atoms with Crippen molar-refractivity contribution in [3.05, 3.63) is 15.9 Å². The summed E-state index contributed by atoms with van der Waals surface area (Å²) in [7, 11) is 1.95. The van der Waals surface area contributed by atoms with Crippen LogP contribution in [0.3, 0.4) is 0 Å². The molecule has 0 saturated carbocycles. The van der Waals surface area contributed by atoms with Crippen molar-refractivity contribution >= 4 is 21.8 Å². The monoisotopic (exact) mass is 344 g/mol. The first-order valence-electron chi connectivity index (χ1n) is 7.10. The number of aromatic nitrogens is 2. The van der Waals surface area contributed by atoms with Crippen LogP contribution in [0.2, 0.25) is 0 Å². The van der Waals surface area contributed by atoms with Crippen molar-refractivity contribution < 1.29 is 4.79 Å². The maximum Gasteiger partial charge on any atom is 0.234 e. The molecule has 0 aromatic carbocycles. The van der Waals surface area contributed by atoms with Crippen LogP contribution in [-0.2, 0) is 24.8 Å². The van der Waals surface area contributed by atoms with Gasteiger partial charge in [-0.05, 0) is 42.7 Å². The van der Waals surface area contributed by atoms with Crippen LogP contribution < -0.4 is 5.32 Å². The second kappa shape index (κ2) is 7.78. The van der Waals surface area contributed by atoms with Crippen LogP contribution in [0.15, 0.2) is 4.47 Å². The Labute approximate surface area is 129 Å². The maximum atomic E-state index is 11.9. The molecule has 1 heterocycles. The summed E-state index contributed by atoms with van der Waals surface area (Å²) in [6.07, 6.45) is 0.897. The Kier molecular flexibility index (Phi) is 6.68. The van der Waals surface area contributed by atoms with Gasteiger partial charge in [0.05, 0.1) is 22.4 Å². The lowest BCUT2D eigenvalue weighted by Crippen LogP contribution is -2.40. The zero-order valence-electron chi connectivity index (χ0n) is 13.0. The van der Waals surface area contributed by atoms with Crippen LogP contribution in [0, 0.1) is 0 Å². The molecule has 0 spiro atoms. The molecule has 0 radical (unpaired) electrons. The predicted octanol–water partition coefficient (Wildman–Crippen LogP) is 2.09. The Hall–Kier alpha value is -0.880. The largest absolute Gasteiger partial charge is 0.353 e. The van der Waals surface area contributed by atoms with E-state index in [1.54, 1.807) is 0 Å². The number of nitrogens with zero attached hydrogens (tertiary/aromatic N) is 3. The zero-order valence-corrected chi connectivity index (χ0v) is 14.6. The first-order valence-corrected chi connectivity index (χ1v) is 7.90. The lowest BCUT2D eigenvalue weighted by Gasteiger charge is -2.21. The van der Waals surface area contributed by atoms with E-state index in [4.69, 9.17) is 0 Å². The van der Waals surface area contributed by atoms with Crippen LogP contribution >= 0.6 is 15.9 Å². The molecule has 5 nitrogen and oxygen atoms in total. The summed E-state index contributed by atoms with van der Waals surface area (Å²) in [5.74, 6) is 0.0656. The topological polar surface area (TPSA) is 50.2 Å². The third kappa shape index (κ3) is 4.59. The fourth-order valence-corrected chi connectivity index (χ4v) is 2.80. The molecule has 20 heavy (non-hydrogen) atoms. The molecule has 0 saturated heterocycles. The van der Waals surface area contributed by atoms with Gasteiger partial charge in [-0.25, -0.2) is 0 Å². The van der Waals surface area contributed by atoms with Gasteiger partial charge >= 0.3 is 0 Å². The van der Waals surface area contributed by atoms with Gasteiger partial charge < -0.3 is 5.32 Å². The van der Waals surface area contributed by atoms with Crippen LogP contribution in [-0.4, -0.2) is 39.7 Å². The molecule has 1 N–H and O–H groups in total. The highest BCUT2D eigenvalue weighted by molar-refractivity contribution is 9.10. The van der Waals surface area contributed by atoms with E-state index >= 15 is 0 Å². The minimum atomic E-state index is 0.0656. The number of carbonyl (C=O) groups excluding carboxylic acids is 1. The Morgan fingerprint density at radius 2 is 2.10 bits per heavy atom. The molecule has 114 valence electrons. The summed E-state index contributed by atoms with van der Waals surface area (Å²) >= 11 is 3.62. The Morgan fingerprint density at radius 1 is 1.45 bits per heavy atom.